The molecular formula is C11H23NOS. The Morgan fingerprint density at radius 2 is 1.86 bits per heavy atom. The summed E-state index contributed by atoms with van der Waals surface area (Å²) in [5.74, 6) is 0.728. The summed E-state index contributed by atoms with van der Waals surface area (Å²) in [4.78, 5) is 0. The molecule has 1 atom stereocenters. The first-order valence-corrected chi connectivity index (χ1v) is 5.62. The zero-order chi connectivity index (χ0) is 11.4. The summed E-state index contributed by atoms with van der Waals surface area (Å²) < 4.78 is 5.36. The minimum atomic E-state index is 0.0822. The van der Waals surface area contributed by atoms with Gasteiger partial charge in [-0.25, -0.2) is 0 Å². The SMILES string of the molecule is CC(C)CCC(C)(C)C(C)OC(N)=S. The monoisotopic (exact) mass is 217 g/mol. The van der Waals surface area contributed by atoms with E-state index in [1.54, 1.807) is 0 Å². The van der Waals surface area contributed by atoms with Gasteiger partial charge in [0.25, 0.3) is 5.17 Å². The lowest BCUT2D eigenvalue weighted by atomic mass is 9.81. The lowest BCUT2D eigenvalue weighted by molar-refractivity contribution is 0.0686. The zero-order valence-electron chi connectivity index (χ0n) is 9.96. The molecule has 0 aromatic rings. The van der Waals surface area contributed by atoms with E-state index >= 15 is 0 Å². The minimum absolute atomic E-state index is 0.0822. The topological polar surface area (TPSA) is 35.2 Å². The Labute approximate surface area is 93.2 Å². The van der Waals surface area contributed by atoms with Crippen molar-refractivity contribution in [3.63, 3.8) is 0 Å². The molecule has 14 heavy (non-hydrogen) atoms. The van der Waals surface area contributed by atoms with Crippen LogP contribution in [0.4, 0.5) is 0 Å². The maximum atomic E-state index is 5.36. The number of hydrogen-bond acceptors (Lipinski definition) is 2. The molecule has 3 heteroatoms. The van der Waals surface area contributed by atoms with Crippen LogP contribution in [0.25, 0.3) is 0 Å². The summed E-state index contributed by atoms with van der Waals surface area (Å²) in [5, 5.41) is 0.148. The Kier molecular flexibility index (Phi) is 5.42. The first-order valence-electron chi connectivity index (χ1n) is 5.22. The summed E-state index contributed by atoms with van der Waals surface area (Å²) in [6.07, 6.45) is 2.42. The van der Waals surface area contributed by atoms with Crippen LogP contribution in [-0.2, 0) is 4.74 Å². The molecule has 2 N–H and O–H groups in total. The molecule has 0 fully saturated rings. The minimum Gasteiger partial charge on any atom is -0.468 e. The molecule has 0 aromatic carbocycles. The zero-order valence-corrected chi connectivity index (χ0v) is 10.8. The van der Waals surface area contributed by atoms with Gasteiger partial charge in [-0.15, -0.1) is 0 Å². The molecule has 0 aliphatic carbocycles. The van der Waals surface area contributed by atoms with Gasteiger partial charge in [-0.2, -0.15) is 0 Å². The van der Waals surface area contributed by atoms with Gasteiger partial charge in [0.1, 0.15) is 6.10 Å². The molecule has 0 amide bonds. The fourth-order valence-corrected chi connectivity index (χ4v) is 1.34. The van der Waals surface area contributed by atoms with Gasteiger partial charge >= 0.3 is 0 Å². The number of rotatable bonds is 5. The maximum Gasteiger partial charge on any atom is 0.254 e. The number of thiocarbonyl (C=S) groups is 1. The number of hydrogen-bond donors (Lipinski definition) is 1. The molecule has 0 saturated heterocycles. The summed E-state index contributed by atoms with van der Waals surface area (Å²) >= 11 is 4.73. The number of ether oxygens (including phenoxy) is 1. The van der Waals surface area contributed by atoms with Crippen molar-refractivity contribution in [1.82, 2.24) is 0 Å². The van der Waals surface area contributed by atoms with Gasteiger partial charge in [0.15, 0.2) is 0 Å². The van der Waals surface area contributed by atoms with E-state index in [1.807, 2.05) is 6.92 Å². The van der Waals surface area contributed by atoms with Gasteiger partial charge in [-0.1, -0.05) is 34.1 Å². The lowest BCUT2D eigenvalue weighted by Crippen LogP contribution is -2.33. The molecule has 0 bridgehead atoms. The predicted octanol–water partition coefficient (Wildman–Crippen LogP) is 3.10. The van der Waals surface area contributed by atoms with Gasteiger partial charge in [0.05, 0.1) is 0 Å². The lowest BCUT2D eigenvalue weighted by Gasteiger charge is -2.32. The van der Waals surface area contributed by atoms with Crippen molar-refractivity contribution in [1.29, 1.82) is 0 Å². The van der Waals surface area contributed by atoms with Crippen LogP contribution >= 0.6 is 12.2 Å². The molecule has 0 aromatic heterocycles. The molecule has 0 saturated carbocycles. The van der Waals surface area contributed by atoms with Gasteiger partial charge in [-0.3, -0.25) is 0 Å². The Bertz CT molecular complexity index is 190. The van der Waals surface area contributed by atoms with Crippen molar-refractivity contribution < 1.29 is 4.74 Å². The molecule has 0 aliphatic heterocycles. The molecule has 1 unspecified atom stereocenters. The van der Waals surface area contributed by atoms with E-state index in [0.717, 1.165) is 12.3 Å². The van der Waals surface area contributed by atoms with Crippen LogP contribution in [0.15, 0.2) is 0 Å². The Hall–Kier alpha value is -0.310. The fraction of sp³-hybridized carbons (Fsp3) is 0.909. The van der Waals surface area contributed by atoms with Crippen LogP contribution in [-0.4, -0.2) is 11.3 Å². The fourth-order valence-electron chi connectivity index (χ4n) is 1.20. The average molecular weight is 217 g/mol. The largest absolute Gasteiger partial charge is 0.468 e. The highest BCUT2D eigenvalue weighted by atomic mass is 32.1. The van der Waals surface area contributed by atoms with Crippen molar-refractivity contribution >= 4 is 17.4 Å². The van der Waals surface area contributed by atoms with E-state index in [9.17, 15) is 0 Å². The predicted molar refractivity (Wildman–Crippen MR) is 65.2 cm³/mol. The smallest absolute Gasteiger partial charge is 0.254 e. The molecule has 2 nitrogen and oxygen atoms in total. The second kappa shape index (κ2) is 5.54. The van der Waals surface area contributed by atoms with Crippen LogP contribution in [0, 0.1) is 11.3 Å². The Morgan fingerprint density at radius 1 is 1.36 bits per heavy atom. The van der Waals surface area contributed by atoms with E-state index < -0.39 is 0 Å². The molecule has 84 valence electrons. The highest BCUT2D eigenvalue weighted by Crippen LogP contribution is 2.30. The molecule has 0 radical (unpaired) electrons. The highest BCUT2D eigenvalue weighted by molar-refractivity contribution is 7.80. The summed E-state index contributed by atoms with van der Waals surface area (Å²) in [5.41, 5.74) is 5.49. The Morgan fingerprint density at radius 3 is 2.21 bits per heavy atom. The molecule has 0 spiro atoms. The van der Waals surface area contributed by atoms with E-state index in [0.29, 0.717) is 0 Å². The quantitative estimate of drug-likeness (QED) is 0.719. The first-order chi connectivity index (χ1) is 6.25. The summed E-state index contributed by atoms with van der Waals surface area (Å²) in [7, 11) is 0. The van der Waals surface area contributed by atoms with Crippen LogP contribution < -0.4 is 5.73 Å². The van der Waals surface area contributed by atoms with Crippen LogP contribution in [0.5, 0.6) is 0 Å². The van der Waals surface area contributed by atoms with Gasteiger partial charge < -0.3 is 10.5 Å². The third-order valence-electron chi connectivity index (χ3n) is 2.76. The average Bonchev–Trinajstić information content (AvgIpc) is 1.99. The summed E-state index contributed by atoms with van der Waals surface area (Å²) in [6, 6.07) is 0. The third-order valence-corrected chi connectivity index (χ3v) is 2.86. The molecule has 0 heterocycles. The van der Waals surface area contributed by atoms with Gasteiger partial charge in [0, 0.05) is 5.41 Å². The van der Waals surface area contributed by atoms with E-state index in [2.05, 4.69) is 27.7 Å². The van der Waals surface area contributed by atoms with Gasteiger partial charge in [-0.05, 0) is 31.5 Å². The maximum absolute atomic E-state index is 5.36. The van der Waals surface area contributed by atoms with Crippen LogP contribution in [0.3, 0.4) is 0 Å². The second-order valence-corrected chi connectivity index (χ2v) is 5.40. The van der Waals surface area contributed by atoms with Crippen LogP contribution in [0.1, 0.15) is 47.5 Å². The molecule has 0 rings (SSSR count). The van der Waals surface area contributed by atoms with Crippen LogP contribution in [0.2, 0.25) is 0 Å². The van der Waals surface area contributed by atoms with Crippen molar-refractivity contribution in [2.24, 2.45) is 17.1 Å². The van der Waals surface area contributed by atoms with E-state index in [-0.39, 0.29) is 16.7 Å². The Balaban J connectivity index is 4.08. The third kappa shape index (κ3) is 5.43. The summed E-state index contributed by atoms with van der Waals surface area (Å²) in [6.45, 7) is 10.9. The molecular weight excluding hydrogens is 194 g/mol. The second-order valence-electron chi connectivity index (χ2n) is 5.00. The van der Waals surface area contributed by atoms with Crippen molar-refractivity contribution in [3.8, 4) is 0 Å². The normalized spacial score (nSPS) is 14.1. The van der Waals surface area contributed by atoms with E-state index in [4.69, 9.17) is 22.7 Å². The number of nitrogens with two attached hydrogens (primary N) is 1. The van der Waals surface area contributed by atoms with Crippen molar-refractivity contribution in [2.45, 2.75) is 53.6 Å². The van der Waals surface area contributed by atoms with E-state index in [1.165, 1.54) is 6.42 Å². The standard InChI is InChI=1S/C11H23NOS/c1-8(2)6-7-11(4,5)9(3)13-10(12)14/h8-9H,6-7H2,1-5H3,(H2,12,14). The van der Waals surface area contributed by atoms with Gasteiger partial charge in [0.2, 0.25) is 0 Å². The van der Waals surface area contributed by atoms with Crippen molar-refractivity contribution in [2.75, 3.05) is 0 Å². The van der Waals surface area contributed by atoms with Crippen molar-refractivity contribution in [3.05, 3.63) is 0 Å². The molecule has 0 aliphatic rings. The highest BCUT2D eigenvalue weighted by Gasteiger charge is 2.27. The first kappa shape index (κ1) is 13.7.